The molecule has 10 heteroatoms. The molecule has 2 atom stereocenters. The van der Waals surface area contributed by atoms with Crippen molar-refractivity contribution in [2.24, 2.45) is 0 Å². The van der Waals surface area contributed by atoms with E-state index in [4.69, 9.17) is 4.74 Å². The minimum Gasteiger partial charge on any atom is -0.497 e. The summed E-state index contributed by atoms with van der Waals surface area (Å²) in [5.41, 5.74) is 0.840. The monoisotopic (exact) mass is 501 g/mol. The normalized spacial score (nSPS) is 15.8. The van der Waals surface area contributed by atoms with Crippen molar-refractivity contribution in [1.82, 2.24) is 14.5 Å². The van der Waals surface area contributed by atoms with Gasteiger partial charge in [-0.05, 0) is 50.1 Å². The lowest BCUT2D eigenvalue weighted by molar-refractivity contribution is -0.140. The van der Waals surface area contributed by atoms with Gasteiger partial charge in [0.1, 0.15) is 16.7 Å². The maximum atomic E-state index is 13.3. The molecule has 35 heavy (non-hydrogen) atoms. The van der Waals surface area contributed by atoms with Crippen molar-refractivity contribution in [3.05, 3.63) is 59.7 Å². The van der Waals surface area contributed by atoms with Crippen LogP contribution in [0.1, 0.15) is 49.5 Å². The van der Waals surface area contributed by atoms with Gasteiger partial charge in [0.15, 0.2) is 0 Å². The Kier molecular flexibility index (Phi) is 8.16. The topological polar surface area (TPSA) is 113 Å². The molecular formula is C25H31N3O6S. The number of hydrogen-bond acceptors (Lipinski definition) is 6. The summed E-state index contributed by atoms with van der Waals surface area (Å²) in [6, 6.07) is 12.2. The summed E-state index contributed by atoms with van der Waals surface area (Å²) in [5, 5.41) is 2.88. The molecule has 0 fully saturated rings. The van der Waals surface area contributed by atoms with Crippen molar-refractivity contribution >= 4 is 27.7 Å². The van der Waals surface area contributed by atoms with E-state index in [1.54, 1.807) is 37.3 Å². The highest BCUT2D eigenvalue weighted by Crippen LogP contribution is 2.30. The molecule has 1 aliphatic heterocycles. The third-order valence-corrected chi connectivity index (χ3v) is 7.94. The quantitative estimate of drug-likeness (QED) is 0.535. The highest BCUT2D eigenvalue weighted by atomic mass is 32.2. The summed E-state index contributed by atoms with van der Waals surface area (Å²) in [5.74, 6) is -0.806. The predicted octanol–water partition coefficient (Wildman–Crippen LogP) is 2.56. The summed E-state index contributed by atoms with van der Waals surface area (Å²) in [4.78, 5) is 40.2. The van der Waals surface area contributed by atoms with Gasteiger partial charge in [0.2, 0.25) is 11.8 Å². The van der Waals surface area contributed by atoms with E-state index in [-0.39, 0.29) is 41.9 Å². The fourth-order valence-electron chi connectivity index (χ4n) is 3.81. The minimum atomic E-state index is -4.02. The molecule has 0 unspecified atom stereocenters. The number of benzene rings is 2. The first-order chi connectivity index (χ1) is 16.6. The molecule has 188 valence electrons. The van der Waals surface area contributed by atoms with E-state index in [1.165, 1.54) is 24.1 Å². The Hall–Kier alpha value is -3.40. The average Bonchev–Trinajstić information content (AvgIpc) is 3.05. The Balaban J connectivity index is 1.81. The van der Waals surface area contributed by atoms with Crippen molar-refractivity contribution < 1.29 is 27.5 Å². The maximum absolute atomic E-state index is 13.3. The van der Waals surface area contributed by atoms with Crippen LogP contribution < -0.4 is 10.1 Å². The first-order valence-electron chi connectivity index (χ1n) is 11.5. The Morgan fingerprint density at radius 1 is 1.11 bits per heavy atom. The van der Waals surface area contributed by atoms with Crippen LogP contribution in [-0.2, 0) is 26.2 Å². The van der Waals surface area contributed by atoms with Gasteiger partial charge in [-0.2, -0.15) is 0 Å². The van der Waals surface area contributed by atoms with Gasteiger partial charge >= 0.3 is 0 Å². The zero-order valence-corrected chi connectivity index (χ0v) is 21.2. The van der Waals surface area contributed by atoms with E-state index in [0.29, 0.717) is 5.75 Å². The van der Waals surface area contributed by atoms with Crippen LogP contribution in [0.2, 0.25) is 0 Å². The van der Waals surface area contributed by atoms with Crippen LogP contribution in [0.4, 0.5) is 0 Å². The van der Waals surface area contributed by atoms with E-state index in [2.05, 4.69) is 5.32 Å². The molecule has 0 radical (unpaired) electrons. The summed E-state index contributed by atoms with van der Waals surface area (Å²) in [6.07, 6.45) is 0.474. The molecule has 3 rings (SSSR count). The van der Waals surface area contributed by atoms with Gasteiger partial charge in [-0.25, -0.2) is 12.7 Å². The van der Waals surface area contributed by atoms with E-state index < -0.39 is 27.9 Å². The Morgan fingerprint density at radius 3 is 2.49 bits per heavy atom. The third-order valence-electron chi connectivity index (χ3n) is 6.10. The number of amides is 3. The van der Waals surface area contributed by atoms with Gasteiger partial charge in [-0.1, -0.05) is 31.2 Å². The highest BCUT2D eigenvalue weighted by molar-refractivity contribution is 7.90. The molecule has 1 N–H and O–H groups in total. The number of ether oxygens (including phenoxy) is 1. The maximum Gasteiger partial charge on any atom is 0.269 e. The van der Waals surface area contributed by atoms with Crippen molar-refractivity contribution in [3.8, 4) is 5.75 Å². The minimum absolute atomic E-state index is 0.0630. The van der Waals surface area contributed by atoms with Crippen molar-refractivity contribution in [2.45, 2.75) is 57.1 Å². The van der Waals surface area contributed by atoms with Crippen LogP contribution in [0.5, 0.6) is 5.75 Å². The van der Waals surface area contributed by atoms with Crippen LogP contribution in [0.15, 0.2) is 53.4 Å². The number of carbonyl (C=O) groups is 3. The molecule has 0 aromatic heterocycles. The number of rotatable bonds is 10. The van der Waals surface area contributed by atoms with Crippen LogP contribution in [-0.4, -0.2) is 61.1 Å². The largest absolute Gasteiger partial charge is 0.497 e. The highest BCUT2D eigenvalue weighted by Gasteiger charge is 2.41. The molecule has 0 saturated carbocycles. The standard InChI is InChI=1S/C25H31N3O6S/c1-5-17(2)26-24(30)18(3)27(16-19-9-8-10-20(15-19)34-4)23(29)13-14-28-25(31)21-11-6-7-12-22(21)35(28,32)33/h6-12,15,17-18H,5,13-14,16H2,1-4H3,(H,26,30)/t17-,18+/m1/s1. The number of nitrogens with zero attached hydrogens (tertiary/aromatic N) is 2. The number of carbonyl (C=O) groups excluding carboxylic acids is 3. The lowest BCUT2D eigenvalue weighted by Crippen LogP contribution is -2.50. The summed E-state index contributed by atoms with van der Waals surface area (Å²) < 4.78 is 31.7. The smallest absolute Gasteiger partial charge is 0.269 e. The molecule has 1 heterocycles. The second-order valence-electron chi connectivity index (χ2n) is 8.50. The lowest BCUT2D eigenvalue weighted by Gasteiger charge is -2.30. The summed E-state index contributed by atoms with van der Waals surface area (Å²) >= 11 is 0. The molecule has 2 aromatic rings. The molecular weight excluding hydrogens is 470 g/mol. The Bertz CT molecular complexity index is 1210. The molecule has 2 aromatic carbocycles. The van der Waals surface area contributed by atoms with E-state index in [9.17, 15) is 22.8 Å². The SMILES string of the molecule is CC[C@@H](C)NC(=O)[C@H](C)N(Cc1cccc(OC)c1)C(=O)CCN1C(=O)c2ccccc2S1(=O)=O. The number of fused-ring (bicyclic) bond motifs is 1. The average molecular weight is 502 g/mol. The zero-order chi connectivity index (χ0) is 25.8. The second-order valence-corrected chi connectivity index (χ2v) is 10.3. The van der Waals surface area contributed by atoms with Gasteiger partial charge in [-0.3, -0.25) is 14.4 Å². The molecule has 1 aliphatic rings. The number of sulfonamides is 1. The van der Waals surface area contributed by atoms with Crippen LogP contribution >= 0.6 is 0 Å². The molecule has 9 nitrogen and oxygen atoms in total. The third kappa shape index (κ3) is 5.64. The number of hydrogen-bond donors (Lipinski definition) is 1. The predicted molar refractivity (Wildman–Crippen MR) is 130 cm³/mol. The molecule has 0 bridgehead atoms. The van der Waals surface area contributed by atoms with Gasteiger partial charge < -0.3 is 15.0 Å². The number of methoxy groups -OCH3 is 1. The first-order valence-corrected chi connectivity index (χ1v) is 12.9. The van der Waals surface area contributed by atoms with Crippen LogP contribution in [0, 0.1) is 0 Å². The Labute approximate surface area is 206 Å². The van der Waals surface area contributed by atoms with Crippen LogP contribution in [0.25, 0.3) is 0 Å². The van der Waals surface area contributed by atoms with Crippen molar-refractivity contribution in [2.75, 3.05) is 13.7 Å². The van der Waals surface area contributed by atoms with Crippen molar-refractivity contribution in [3.63, 3.8) is 0 Å². The zero-order valence-electron chi connectivity index (χ0n) is 20.4. The fourth-order valence-corrected chi connectivity index (χ4v) is 5.38. The van der Waals surface area contributed by atoms with Gasteiger partial charge in [0.25, 0.3) is 15.9 Å². The van der Waals surface area contributed by atoms with Gasteiger partial charge in [0.05, 0.1) is 12.7 Å². The fraction of sp³-hybridized carbons (Fsp3) is 0.400. The number of nitrogens with one attached hydrogen (secondary N) is 1. The van der Waals surface area contributed by atoms with E-state index in [1.807, 2.05) is 19.9 Å². The van der Waals surface area contributed by atoms with E-state index >= 15 is 0 Å². The second kappa shape index (κ2) is 10.9. The summed E-state index contributed by atoms with van der Waals surface area (Å²) in [6.45, 7) is 5.25. The first kappa shape index (κ1) is 26.2. The van der Waals surface area contributed by atoms with Gasteiger partial charge in [-0.15, -0.1) is 0 Å². The van der Waals surface area contributed by atoms with Gasteiger partial charge in [0, 0.05) is 25.6 Å². The lowest BCUT2D eigenvalue weighted by atomic mass is 10.1. The summed E-state index contributed by atoms with van der Waals surface area (Å²) in [7, 11) is -2.49. The molecule has 0 spiro atoms. The molecule has 0 aliphatic carbocycles. The molecule has 3 amide bonds. The van der Waals surface area contributed by atoms with Crippen molar-refractivity contribution in [1.29, 1.82) is 0 Å². The van der Waals surface area contributed by atoms with Crippen LogP contribution in [0.3, 0.4) is 0 Å². The Morgan fingerprint density at radius 2 is 1.83 bits per heavy atom. The van der Waals surface area contributed by atoms with E-state index in [0.717, 1.165) is 16.3 Å². The molecule has 0 saturated heterocycles.